The Labute approximate surface area is 98.5 Å². The van der Waals surface area contributed by atoms with Crippen molar-refractivity contribution >= 4 is 33.4 Å². The number of aryl methyl sites for hydroxylation is 1. The van der Waals surface area contributed by atoms with Crippen molar-refractivity contribution in [3.05, 3.63) is 44.5 Å². The van der Waals surface area contributed by atoms with Crippen LogP contribution in [0.5, 0.6) is 0 Å². The van der Waals surface area contributed by atoms with E-state index in [2.05, 4.69) is 67.6 Å². The normalized spacial score (nSPS) is 10.9. The van der Waals surface area contributed by atoms with E-state index in [1.807, 2.05) is 0 Å². The molecule has 0 bridgehead atoms. The highest BCUT2D eigenvalue weighted by atomic mass is 127. The fraction of sp³-hybridized carbons (Fsp3) is 0.231. The first-order valence-corrected chi connectivity index (χ1v) is 5.85. The molecule has 0 fully saturated rings. The van der Waals surface area contributed by atoms with E-state index in [0.717, 1.165) is 0 Å². The van der Waals surface area contributed by atoms with Crippen LogP contribution in [-0.2, 0) is 0 Å². The smallest absolute Gasteiger partial charge is 0.0240 e. The van der Waals surface area contributed by atoms with Crippen molar-refractivity contribution in [3.63, 3.8) is 0 Å². The lowest BCUT2D eigenvalue weighted by Gasteiger charge is -2.12. The lowest BCUT2D eigenvalue weighted by Crippen LogP contribution is -1.93. The minimum atomic E-state index is 1.38. The second-order valence-corrected chi connectivity index (χ2v) is 4.81. The highest BCUT2D eigenvalue weighted by Gasteiger charge is 2.08. The Morgan fingerprint density at radius 3 is 2.00 bits per heavy atom. The van der Waals surface area contributed by atoms with Gasteiger partial charge in [-0.2, -0.15) is 0 Å². The zero-order chi connectivity index (χ0) is 10.3. The largest absolute Gasteiger partial charge is 0.0616 e. The van der Waals surface area contributed by atoms with Gasteiger partial charge in [0.25, 0.3) is 0 Å². The van der Waals surface area contributed by atoms with Gasteiger partial charge in [0.05, 0.1) is 0 Å². The van der Waals surface area contributed by atoms with Crippen LogP contribution in [0.3, 0.4) is 0 Å². The molecule has 0 radical (unpaired) electrons. The molecule has 0 saturated carbocycles. The molecule has 0 aromatic heterocycles. The van der Waals surface area contributed by atoms with Crippen molar-refractivity contribution in [1.82, 2.24) is 0 Å². The molecule has 2 aromatic rings. The second kappa shape index (κ2) is 3.54. The standard InChI is InChI=1S/C13H13I/c1-8-9(2)11-6-4-5-7-12(11)13(14)10(8)3/h4-7H,1-3H3. The summed E-state index contributed by atoms with van der Waals surface area (Å²) in [5.74, 6) is 0. The summed E-state index contributed by atoms with van der Waals surface area (Å²) >= 11 is 2.44. The quantitative estimate of drug-likeness (QED) is 0.633. The van der Waals surface area contributed by atoms with E-state index in [9.17, 15) is 0 Å². The molecule has 0 spiro atoms. The number of hydrogen-bond acceptors (Lipinski definition) is 0. The first-order chi connectivity index (χ1) is 6.63. The fourth-order valence-electron chi connectivity index (χ4n) is 1.85. The first-order valence-electron chi connectivity index (χ1n) is 4.77. The van der Waals surface area contributed by atoms with Crippen LogP contribution in [0.4, 0.5) is 0 Å². The summed E-state index contributed by atoms with van der Waals surface area (Å²) < 4.78 is 1.39. The molecule has 0 amide bonds. The van der Waals surface area contributed by atoms with Crippen LogP contribution < -0.4 is 0 Å². The molecule has 0 aliphatic carbocycles. The van der Waals surface area contributed by atoms with Crippen LogP contribution in [0.25, 0.3) is 10.8 Å². The van der Waals surface area contributed by atoms with Gasteiger partial charge in [0.15, 0.2) is 0 Å². The van der Waals surface area contributed by atoms with Crippen LogP contribution in [0.2, 0.25) is 0 Å². The van der Waals surface area contributed by atoms with Crippen molar-refractivity contribution in [3.8, 4) is 0 Å². The third kappa shape index (κ3) is 1.34. The third-order valence-electron chi connectivity index (χ3n) is 3.02. The highest BCUT2D eigenvalue weighted by molar-refractivity contribution is 14.1. The molecular weight excluding hydrogens is 283 g/mol. The predicted molar refractivity (Wildman–Crippen MR) is 70.9 cm³/mol. The summed E-state index contributed by atoms with van der Waals surface area (Å²) in [6.45, 7) is 6.62. The van der Waals surface area contributed by atoms with Crippen molar-refractivity contribution < 1.29 is 0 Å². The Morgan fingerprint density at radius 2 is 1.36 bits per heavy atom. The van der Waals surface area contributed by atoms with E-state index < -0.39 is 0 Å². The monoisotopic (exact) mass is 296 g/mol. The number of hydrogen-bond donors (Lipinski definition) is 0. The molecule has 2 rings (SSSR count). The van der Waals surface area contributed by atoms with E-state index in [0.29, 0.717) is 0 Å². The number of rotatable bonds is 0. The zero-order valence-corrected chi connectivity index (χ0v) is 10.8. The van der Waals surface area contributed by atoms with Gasteiger partial charge in [0.1, 0.15) is 0 Å². The summed E-state index contributed by atoms with van der Waals surface area (Å²) in [5.41, 5.74) is 4.26. The molecule has 1 heteroatoms. The maximum atomic E-state index is 2.44. The first kappa shape index (κ1) is 9.97. The minimum absolute atomic E-state index is 1.38. The van der Waals surface area contributed by atoms with Gasteiger partial charge < -0.3 is 0 Å². The molecule has 0 aliphatic heterocycles. The maximum absolute atomic E-state index is 2.44. The van der Waals surface area contributed by atoms with Gasteiger partial charge >= 0.3 is 0 Å². The van der Waals surface area contributed by atoms with Crippen LogP contribution in [-0.4, -0.2) is 0 Å². The molecule has 0 saturated heterocycles. The average molecular weight is 296 g/mol. The van der Waals surface area contributed by atoms with E-state index in [-0.39, 0.29) is 0 Å². The van der Waals surface area contributed by atoms with Gasteiger partial charge in [-0.15, -0.1) is 0 Å². The van der Waals surface area contributed by atoms with Gasteiger partial charge in [-0.05, 0) is 70.8 Å². The number of benzene rings is 2. The van der Waals surface area contributed by atoms with Crippen molar-refractivity contribution in [2.24, 2.45) is 0 Å². The summed E-state index contributed by atoms with van der Waals surface area (Å²) in [4.78, 5) is 0. The number of fused-ring (bicyclic) bond motifs is 1. The average Bonchev–Trinajstić information content (AvgIpc) is 2.23. The Balaban J connectivity index is 3.02. The minimum Gasteiger partial charge on any atom is -0.0616 e. The topological polar surface area (TPSA) is 0 Å². The summed E-state index contributed by atoms with van der Waals surface area (Å²) in [7, 11) is 0. The second-order valence-electron chi connectivity index (χ2n) is 3.73. The molecule has 0 nitrogen and oxygen atoms in total. The lowest BCUT2D eigenvalue weighted by molar-refractivity contribution is 1.28. The van der Waals surface area contributed by atoms with Gasteiger partial charge in [-0.25, -0.2) is 0 Å². The van der Waals surface area contributed by atoms with Crippen molar-refractivity contribution in [2.75, 3.05) is 0 Å². The Morgan fingerprint density at radius 1 is 0.786 bits per heavy atom. The Kier molecular flexibility index (Phi) is 2.52. The number of halogens is 1. The van der Waals surface area contributed by atoms with Crippen LogP contribution >= 0.6 is 22.6 Å². The van der Waals surface area contributed by atoms with Crippen molar-refractivity contribution in [1.29, 1.82) is 0 Å². The van der Waals surface area contributed by atoms with Gasteiger partial charge in [-0.3, -0.25) is 0 Å². The van der Waals surface area contributed by atoms with E-state index in [1.54, 1.807) is 0 Å². The molecule has 0 atom stereocenters. The molecule has 0 aliphatic rings. The molecule has 2 aromatic carbocycles. The molecule has 72 valence electrons. The van der Waals surface area contributed by atoms with Gasteiger partial charge in [-0.1, -0.05) is 24.3 Å². The van der Waals surface area contributed by atoms with Gasteiger partial charge in [0.2, 0.25) is 0 Å². The van der Waals surface area contributed by atoms with Crippen LogP contribution in [0.15, 0.2) is 24.3 Å². The summed E-state index contributed by atoms with van der Waals surface area (Å²) in [5, 5.41) is 2.77. The molecule has 0 unspecified atom stereocenters. The van der Waals surface area contributed by atoms with Gasteiger partial charge in [0, 0.05) is 3.57 Å². The summed E-state index contributed by atoms with van der Waals surface area (Å²) in [6.07, 6.45) is 0. The van der Waals surface area contributed by atoms with E-state index >= 15 is 0 Å². The molecule has 0 N–H and O–H groups in total. The molecule has 0 heterocycles. The maximum Gasteiger partial charge on any atom is 0.0240 e. The highest BCUT2D eigenvalue weighted by Crippen LogP contribution is 2.30. The third-order valence-corrected chi connectivity index (χ3v) is 4.41. The van der Waals surface area contributed by atoms with E-state index in [1.165, 1.54) is 31.0 Å². The van der Waals surface area contributed by atoms with E-state index in [4.69, 9.17) is 0 Å². The Hall–Kier alpha value is -0.570. The molecular formula is C13H13I. The summed E-state index contributed by atoms with van der Waals surface area (Å²) in [6, 6.07) is 8.63. The lowest BCUT2D eigenvalue weighted by atomic mass is 9.97. The predicted octanol–water partition coefficient (Wildman–Crippen LogP) is 4.37. The van der Waals surface area contributed by atoms with Crippen molar-refractivity contribution in [2.45, 2.75) is 20.8 Å². The SMILES string of the molecule is Cc1c(C)c(I)c2ccccc2c1C. The fourth-order valence-corrected chi connectivity index (χ4v) is 2.73. The Bertz CT molecular complexity index is 452. The van der Waals surface area contributed by atoms with Crippen LogP contribution in [0.1, 0.15) is 16.7 Å². The molecule has 14 heavy (non-hydrogen) atoms. The zero-order valence-electron chi connectivity index (χ0n) is 8.69. The van der Waals surface area contributed by atoms with Crippen LogP contribution in [0, 0.1) is 24.3 Å².